The molecule has 0 aromatic heterocycles. The third kappa shape index (κ3) is 1.42. The van der Waals surface area contributed by atoms with Gasteiger partial charge in [-0.2, -0.15) is 0 Å². The normalized spacial score (nSPS) is 42.5. The van der Waals surface area contributed by atoms with Crippen LogP contribution in [0, 0.1) is 0 Å². The molecule has 1 saturated heterocycles. The average molecular weight is 177 g/mol. The van der Waals surface area contributed by atoms with Crippen LogP contribution < -0.4 is 5.73 Å². The van der Waals surface area contributed by atoms with Crippen molar-refractivity contribution in [3.05, 3.63) is 0 Å². The van der Waals surface area contributed by atoms with Gasteiger partial charge in [0.1, 0.15) is 18.2 Å². The molecule has 1 aliphatic rings. The smallest absolute Gasteiger partial charge is 0.326 e. The highest BCUT2D eigenvalue weighted by Gasteiger charge is 2.42. The molecule has 6 nitrogen and oxygen atoms in total. The Kier molecular flexibility index (Phi) is 2.63. The lowest BCUT2D eigenvalue weighted by Crippen LogP contribution is -2.59. The molecule has 5 N–H and O–H groups in total. The number of cyclic esters (lactones) is 1. The van der Waals surface area contributed by atoms with E-state index in [9.17, 15) is 4.79 Å². The molecular weight excluding hydrogens is 166 g/mol. The van der Waals surface area contributed by atoms with E-state index in [1.165, 1.54) is 0 Å². The molecule has 0 aromatic carbocycles. The van der Waals surface area contributed by atoms with Gasteiger partial charge in [0, 0.05) is 0 Å². The Balaban J connectivity index is 2.70. The summed E-state index contributed by atoms with van der Waals surface area (Å²) in [6.07, 6.45) is -3.77. The third-order valence-electron chi connectivity index (χ3n) is 1.82. The first-order chi connectivity index (χ1) is 5.57. The summed E-state index contributed by atoms with van der Waals surface area (Å²) in [6, 6.07) is -1.23. The van der Waals surface area contributed by atoms with Crippen LogP contribution in [0.15, 0.2) is 0 Å². The second-order valence-electron chi connectivity index (χ2n) is 2.66. The van der Waals surface area contributed by atoms with Crippen LogP contribution in [-0.2, 0) is 9.53 Å². The van der Waals surface area contributed by atoms with Crippen LogP contribution in [0.1, 0.15) is 0 Å². The van der Waals surface area contributed by atoms with Gasteiger partial charge in [-0.25, -0.2) is 0 Å². The Bertz CT molecular complexity index is 183. The molecule has 0 amide bonds. The molecule has 4 atom stereocenters. The maximum absolute atomic E-state index is 10.8. The fourth-order valence-electron chi connectivity index (χ4n) is 1.01. The van der Waals surface area contributed by atoms with Gasteiger partial charge in [0.15, 0.2) is 6.10 Å². The topological polar surface area (TPSA) is 113 Å². The zero-order valence-corrected chi connectivity index (χ0v) is 6.25. The van der Waals surface area contributed by atoms with E-state index in [0.29, 0.717) is 0 Å². The van der Waals surface area contributed by atoms with Crippen molar-refractivity contribution in [3.8, 4) is 0 Å². The van der Waals surface area contributed by atoms with Gasteiger partial charge >= 0.3 is 5.97 Å². The highest BCUT2D eigenvalue weighted by Crippen LogP contribution is 2.14. The molecule has 1 heterocycles. The minimum atomic E-state index is -1.37. The van der Waals surface area contributed by atoms with Crippen molar-refractivity contribution < 1.29 is 24.9 Å². The molecule has 0 radical (unpaired) electrons. The first-order valence-electron chi connectivity index (χ1n) is 3.51. The lowest BCUT2D eigenvalue weighted by molar-refractivity contribution is -0.186. The summed E-state index contributed by atoms with van der Waals surface area (Å²) in [6.45, 7) is -0.531. The van der Waals surface area contributed by atoms with Crippen LogP contribution in [0.5, 0.6) is 0 Å². The minimum absolute atomic E-state index is 0.531. The number of rotatable bonds is 1. The first-order valence-corrected chi connectivity index (χ1v) is 3.51. The second-order valence-corrected chi connectivity index (χ2v) is 2.66. The number of ether oxygens (including phenoxy) is 1. The van der Waals surface area contributed by atoms with E-state index in [4.69, 9.17) is 21.1 Å². The molecule has 6 heteroatoms. The first kappa shape index (κ1) is 9.40. The van der Waals surface area contributed by atoms with Crippen molar-refractivity contribution in [1.82, 2.24) is 0 Å². The van der Waals surface area contributed by atoms with Gasteiger partial charge in [-0.3, -0.25) is 4.79 Å². The zero-order valence-electron chi connectivity index (χ0n) is 6.25. The summed E-state index contributed by atoms with van der Waals surface area (Å²) in [5.41, 5.74) is 5.16. The summed E-state index contributed by atoms with van der Waals surface area (Å²) < 4.78 is 4.51. The number of nitrogens with two attached hydrogens (primary N) is 1. The summed E-state index contributed by atoms with van der Waals surface area (Å²) in [5, 5.41) is 26.9. The number of aliphatic hydroxyl groups excluding tert-OH is 3. The Labute approximate surface area is 68.6 Å². The molecule has 12 heavy (non-hydrogen) atoms. The molecule has 1 aliphatic heterocycles. The molecule has 0 aliphatic carbocycles. The van der Waals surface area contributed by atoms with Crippen molar-refractivity contribution in [2.75, 3.05) is 6.61 Å². The Morgan fingerprint density at radius 1 is 1.42 bits per heavy atom. The maximum atomic E-state index is 10.8. The van der Waals surface area contributed by atoms with Gasteiger partial charge in [-0.05, 0) is 0 Å². The van der Waals surface area contributed by atoms with Crippen molar-refractivity contribution in [2.45, 2.75) is 24.4 Å². The minimum Gasteiger partial charge on any atom is -0.456 e. The van der Waals surface area contributed by atoms with E-state index < -0.39 is 36.9 Å². The average Bonchev–Trinajstić information content (AvgIpc) is 2.08. The van der Waals surface area contributed by atoms with Gasteiger partial charge in [0.25, 0.3) is 0 Å². The van der Waals surface area contributed by atoms with E-state index in [1.807, 2.05) is 0 Å². The number of esters is 1. The molecule has 1 rings (SSSR count). The lowest BCUT2D eigenvalue weighted by atomic mass is 9.99. The summed E-state index contributed by atoms with van der Waals surface area (Å²) in [4.78, 5) is 10.8. The Morgan fingerprint density at radius 2 is 2.00 bits per heavy atom. The van der Waals surface area contributed by atoms with Gasteiger partial charge in [-0.1, -0.05) is 0 Å². The molecule has 0 unspecified atom stereocenters. The van der Waals surface area contributed by atoms with Gasteiger partial charge in [0.05, 0.1) is 6.61 Å². The van der Waals surface area contributed by atoms with Crippen LogP contribution in [0.3, 0.4) is 0 Å². The monoisotopic (exact) mass is 177 g/mol. The largest absolute Gasteiger partial charge is 0.456 e. The van der Waals surface area contributed by atoms with E-state index >= 15 is 0 Å². The fourth-order valence-corrected chi connectivity index (χ4v) is 1.01. The third-order valence-corrected chi connectivity index (χ3v) is 1.82. The van der Waals surface area contributed by atoms with Crippen LogP contribution in [0.4, 0.5) is 0 Å². The summed E-state index contributed by atoms with van der Waals surface area (Å²) in [5.74, 6) is -0.813. The highest BCUT2D eigenvalue weighted by molar-refractivity contribution is 5.77. The molecule has 70 valence electrons. The number of carbonyl (C=O) groups excluding carboxylic acids is 1. The Morgan fingerprint density at radius 3 is 2.50 bits per heavy atom. The number of aliphatic hydroxyl groups is 3. The van der Waals surface area contributed by atoms with Crippen LogP contribution >= 0.6 is 0 Å². The standard InChI is InChI=1S/C6H11NO5/c7-3-5(10)4(9)2(1-8)12-6(3)11/h2-5,8-10H,1,7H2/t2-,3-,4+,5-/m1/s1. The molecule has 0 saturated carbocycles. The van der Waals surface area contributed by atoms with Crippen LogP contribution in [0.2, 0.25) is 0 Å². The quantitative estimate of drug-likeness (QED) is 0.316. The van der Waals surface area contributed by atoms with E-state index in [2.05, 4.69) is 4.74 Å². The van der Waals surface area contributed by atoms with Crippen molar-refractivity contribution in [1.29, 1.82) is 0 Å². The van der Waals surface area contributed by atoms with Gasteiger partial charge in [-0.15, -0.1) is 0 Å². The number of hydrogen-bond donors (Lipinski definition) is 4. The highest BCUT2D eigenvalue weighted by atomic mass is 16.6. The number of carbonyl (C=O) groups is 1. The van der Waals surface area contributed by atoms with E-state index in [1.54, 1.807) is 0 Å². The zero-order chi connectivity index (χ0) is 9.30. The van der Waals surface area contributed by atoms with Crippen molar-refractivity contribution in [2.24, 2.45) is 5.73 Å². The maximum Gasteiger partial charge on any atom is 0.326 e. The molecule has 0 spiro atoms. The molecule has 0 bridgehead atoms. The van der Waals surface area contributed by atoms with Crippen molar-refractivity contribution >= 4 is 5.97 Å². The summed E-state index contributed by atoms with van der Waals surface area (Å²) >= 11 is 0. The lowest BCUT2D eigenvalue weighted by Gasteiger charge is -2.33. The molecule has 1 fully saturated rings. The summed E-state index contributed by atoms with van der Waals surface area (Å²) in [7, 11) is 0. The van der Waals surface area contributed by atoms with Gasteiger partial charge in [0.2, 0.25) is 0 Å². The molecule has 0 aromatic rings. The second kappa shape index (κ2) is 3.36. The van der Waals surface area contributed by atoms with Gasteiger partial charge < -0.3 is 25.8 Å². The SMILES string of the molecule is N[C@H]1C(=O)O[C@H](CO)[C@H](O)[C@@H]1O. The van der Waals surface area contributed by atoms with E-state index in [0.717, 1.165) is 0 Å². The molecular formula is C6H11NO5. The number of hydrogen-bond acceptors (Lipinski definition) is 6. The van der Waals surface area contributed by atoms with Crippen molar-refractivity contribution in [3.63, 3.8) is 0 Å². The van der Waals surface area contributed by atoms with Crippen LogP contribution in [-0.4, -0.2) is 52.2 Å². The van der Waals surface area contributed by atoms with E-state index in [-0.39, 0.29) is 0 Å². The Hall–Kier alpha value is -0.690. The fraction of sp³-hybridized carbons (Fsp3) is 0.833. The predicted molar refractivity (Wildman–Crippen MR) is 37.0 cm³/mol. The predicted octanol–water partition coefficient (Wildman–Crippen LogP) is -3.05. The van der Waals surface area contributed by atoms with Crippen LogP contribution in [0.25, 0.3) is 0 Å².